The summed E-state index contributed by atoms with van der Waals surface area (Å²) in [5, 5.41) is 0. The van der Waals surface area contributed by atoms with Crippen LogP contribution in [-0.2, 0) is 6.42 Å². The van der Waals surface area contributed by atoms with Crippen LogP contribution in [0.4, 0.5) is 11.4 Å². The molecular formula is C17H16BrNO. The molecule has 102 valence electrons. The van der Waals surface area contributed by atoms with E-state index in [1.807, 2.05) is 18.2 Å². The molecule has 20 heavy (non-hydrogen) atoms. The highest BCUT2D eigenvalue weighted by molar-refractivity contribution is 9.10. The Kier molecular flexibility index (Phi) is 3.62. The van der Waals surface area contributed by atoms with Crippen LogP contribution in [0.1, 0.15) is 22.8 Å². The van der Waals surface area contributed by atoms with Gasteiger partial charge in [0, 0.05) is 22.3 Å². The van der Waals surface area contributed by atoms with Gasteiger partial charge in [0.1, 0.15) is 0 Å². The first kappa shape index (κ1) is 13.4. The van der Waals surface area contributed by atoms with Crippen LogP contribution in [0.25, 0.3) is 0 Å². The minimum absolute atomic E-state index is 0.577. The van der Waals surface area contributed by atoms with Gasteiger partial charge in [-0.15, -0.1) is 0 Å². The zero-order valence-electron chi connectivity index (χ0n) is 11.3. The standard InChI is InChI=1S/C17H16BrNO/c1-12-8-13-4-2-3-5-16(13)19(10-12)17-7-6-15(18)9-14(17)11-20/h2-7,9,11-12H,8,10H2,1H3. The van der Waals surface area contributed by atoms with Gasteiger partial charge >= 0.3 is 0 Å². The molecule has 2 nitrogen and oxygen atoms in total. The molecule has 1 unspecified atom stereocenters. The van der Waals surface area contributed by atoms with Crippen molar-refractivity contribution in [3.8, 4) is 0 Å². The fourth-order valence-corrected chi connectivity index (χ4v) is 3.27. The number of aldehydes is 1. The zero-order valence-corrected chi connectivity index (χ0v) is 12.9. The van der Waals surface area contributed by atoms with E-state index in [1.165, 1.54) is 11.3 Å². The van der Waals surface area contributed by atoms with Gasteiger partial charge in [-0.2, -0.15) is 0 Å². The second kappa shape index (κ2) is 5.41. The minimum atomic E-state index is 0.577. The van der Waals surface area contributed by atoms with E-state index in [4.69, 9.17) is 0 Å². The Labute approximate surface area is 127 Å². The minimum Gasteiger partial charge on any atom is -0.340 e. The number of rotatable bonds is 2. The lowest BCUT2D eigenvalue weighted by Crippen LogP contribution is -2.31. The monoisotopic (exact) mass is 329 g/mol. The maximum absolute atomic E-state index is 11.4. The van der Waals surface area contributed by atoms with E-state index in [-0.39, 0.29) is 0 Å². The van der Waals surface area contributed by atoms with Gasteiger partial charge in [-0.25, -0.2) is 0 Å². The topological polar surface area (TPSA) is 20.3 Å². The van der Waals surface area contributed by atoms with Gasteiger partial charge in [0.15, 0.2) is 6.29 Å². The number of anilines is 2. The van der Waals surface area contributed by atoms with Gasteiger partial charge in [-0.3, -0.25) is 4.79 Å². The number of carbonyl (C=O) groups excluding carboxylic acids is 1. The van der Waals surface area contributed by atoms with E-state index in [0.717, 1.165) is 35.0 Å². The molecule has 3 heteroatoms. The normalized spacial score (nSPS) is 17.7. The van der Waals surface area contributed by atoms with Crippen LogP contribution in [0.2, 0.25) is 0 Å². The van der Waals surface area contributed by atoms with Crippen LogP contribution < -0.4 is 4.90 Å². The summed E-state index contributed by atoms with van der Waals surface area (Å²) in [6, 6.07) is 14.3. The smallest absolute Gasteiger partial charge is 0.152 e. The Morgan fingerprint density at radius 1 is 1.20 bits per heavy atom. The summed E-state index contributed by atoms with van der Waals surface area (Å²) >= 11 is 3.43. The highest BCUT2D eigenvalue weighted by Crippen LogP contribution is 2.37. The maximum atomic E-state index is 11.4. The molecule has 2 aromatic carbocycles. The summed E-state index contributed by atoms with van der Waals surface area (Å²) in [4.78, 5) is 13.6. The van der Waals surface area contributed by atoms with Crippen LogP contribution in [0.15, 0.2) is 46.9 Å². The molecule has 0 fully saturated rings. The third-order valence-electron chi connectivity index (χ3n) is 3.75. The first-order valence-electron chi connectivity index (χ1n) is 6.79. The molecule has 1 aliphatic heterocycles. The van der Waals surface area contributed by atoms with Gasteiger partial charge < -0.3 is 4.90 Å². The van der Waals surface area contributed by atoms with Gasteiger partial charge in [0.25, 0.3) is 0 Å². The molecule has 0 amide bonds. The zero-order chi connectivity index (χ0) is 14.1. The van der Waals surface area contributed by atoms with Crippen LogP contribution in [-0.4, -0.2) is 12.8 Å². The molecule has 0 saturated carbocycles. The average molecular weight is 330 g/mol. The Morgan fingerprint density at radius 3 is 2.80 bits per heavy atom. The molecule has 1 atom stereocenters. The third kappa shape index (κ3) is 2.38. The van der Waals surface area contributed by atoms with Crippen molar-refractivity contribution >= 4 is 33.6 Å². The quantitative estimate of drug-likeness (QED) is 0.751. The van der Waals surface area contributed by atoms with Crippen molar-refractivity contribution in [2.24, 2.45) is 5.92 Å². The fourth-order valence-electron chi connectivity index (χ4n) is 2.89. The van der Waals surface area contributed by atoms with E-state index in [1.54, 1.807) is 0 Å². The number of fused-ring (bicyclic) bond motifs is 1. The van der Waals surface area contributed by atoms with Gasteiger partial charge in [-0.05, 0) is 42.2 Å². The van der Waals surface area contributed by atoms with Crippen LogP contribution >= 0.6 is 15.9 Å². The molecule has 2 aromatic rings. The molecule has 0 radical (unpaired) electrons. The summed E-state index contributed by atoms with van der Waals surface area (Å²) in [6.45, 7) is 3.20. The summed E-state index contributed by atoms with van der Waals surface area (Å²) < 4.78 is 0.932. The number of benzene rings is 2. The second-order valence-electron chi connectivity index (χ2n) is 5.37. The van der Waals surface area contributed by atoms with Gasteiger partial charge in [-0.1, -0.05) is 41.1 Å². The largest absolute Gasteiger partial charge is 0.340 e. The van der Waals surface area contributed by atoms with Crippen LogP contribution in [0, 0.1) is 5.92 Å². The van der Waals surface area contributed by atoms with E-state index in [2.05, 4.69) is 52.0 Å². The predicted octanol–water partition coefficient (Wildman–Crippen LogP) is 4.59. The summed E-state index contributed by atoms with van der Waals surface area (Å²) in [5.74, 6) is 0.577. The molecule has 1 aliphatic rings. The highest BCUT2D eigenvalue weighted by atomic mass is 79.9. The Hall–Kier alpha value is -1.61. The van der Waals surface area contributed by atoms with E-state index in [0.29, 0.717) is 5.92 Å². The number of hydrogen-bond acceptors (Lipinski definition) is 2. The maximum Gasteiger partial charge on any atom is 0.152 e. The molecule has 3 rings (SSSR count). The predicted molar refractivity (Wildman–Crippen MR) is 85.8 cm³/mol. The third-order valence-corrected chi connectivity index (χ3v) is 4.25. The summed E-state index contributed by atoms with van der Waals surface area (Å²) in [7, 11) is 0. The van der Waals surface area contributed by atoms with Crippen molar-refractivity contribution in [2.45, 2.75) is 13.3 Å². The Balaban J connectivity index is 2.13. The summed E-state index contributed by atoms with van der Waals surface area (Å²) in [6.07, 6.45) is 2.03. The fraction of sp³-hybridized carbons (Fsp3) is 0.235. The second-order valence-corrected chi connectivity index (χ2v) is 6.29. The van der Waals surface area contributed by atoms with E-state index >= 15 is 0 Å². The van der Waals surface area contributed by atoms with Gasteiger partial charge in [0.05, 0.1) is 5.69 Å². The van der Waals surface area contributed by atoms with Crippen LogP contribution in [0.3, 0.4) is 0 Å². The SMILES string of the molecule is CC1Cc2ccccc2N(c2ccc(Br)cc2C=O)C1. The summed E-state index contributed by atoms with van der Waals surface area (Å²) in [5.41, 5.74) is 4.28. The number of carbonyl (C=O) groups is 1. The van der Waals surface area contributed by atoms with E-state index in [9.17, 15) is 4.79 Å². The van der Waals surface area contributed by atoms with Gasteiger partial charge in [0.2, 0.25) is 0 Å². The van der Waals surface area contributed by atoms with Crippen molar-refractivity contribution in [3.05, 3.63) is 58.1 Å². The molecule has 0 aromatic heterocycles. The number of hydrogen-bond donors (Lipinski definition) is 0. The Morgan fingerprint density at radius 2 is 2.00 bits per heavy atom. The molecule has 0 saturated heterocycles. The van der Waals surface area contributed by atoms with Crippen molar-refractivity contribution in [3.63, 3.8) is 0 Å². The average Bonchev–Trinajstić information content (AvgIpc) is 2.46. The molecule has 0 bridgehead atoms. The van der Waals surface area contributed by atoms with Crippen molar-refractivity contribution in [1.29, 1.82) is 0 Å². The van der Waals surface area contributed by atoms with Crippen LogP contribution in [0.5, 0.6) is 0 Å². The number of nitrogens with zero attached hydrogens (tertiary/aromatic N) is 1. The highest BCUT2D eigenvalue weighted by Gasteiger charge is 2.24. The lowest BCUT2D eigenvalue weighted by atomic mass is 9.93. The molecular weight excluding hydrogens is 314 g/mol. The Bertz CT molecular complexity index is 653. The first-order valence-corrected chi connectivity index (χ1v) is 7.58. The van der Waals surface area contributed by atoms with Crippen molar-refractivity contribution in [1.82, 2.24) is 0 Å². The number of halogens is 1. The number of para-hydroxylation sites is 1. The lowest BCUT2D eigenvalue weighted by molar-refractivity contribution is 0.112. The molecule has 0 spiro atoms. The molecule has 0 N–H and O–H groups in total. The molecule has 1 heterocycles. The van der Waals surface area contributed by atoms with E-state index < -0.39 is 0 Å². The van der Waals surface area contributed by atoms with Crippen molar-refractivity contribution < 1.29 is 4.79 Å². The first-order chi connectivity index (χ1) is 9.69. The van der Waals surface area contributed by atoms with Crippen molar-refractivity contribution in [2.75, 3.05) is 11.4 Å². The molecule has 0 aliphatic carbocycles. The lowest BCUT2D eigenvalue weighted by Gasteiger charge is -2.35.